The molecule has 2 heterocycles. The van der Waals surface area contributed by atoms with Crippen LogP contribution in [0.25, 0.3) is 0 Å². The van der Waals surface area contributed by atoms with Crippen LogP contribution in [0.2, 0.25) is 0 Å². The molecular weight excluding hydrogens is 218 g/mol. The second kappa shape index (κ2) is 4.85. The lowest BCUT2D eigenvalue weighted by Crippen LogP contribution is -2.29. The van der Waals surface area contributed by atoms with Gasteiger partial charge >= 0.3 is 0 Å². The summed E-state index contributed by atoms with van der Waals surface area (Å²) < 4.78 is 0. The largest absolute Gasteiger partial charge is 0.390 e. The SMILES string of the molecule is CC1(O)CCCN(c2cncc(NN)n2)CC1. The fourth-order valence-electron chi connectivity index (χ4n) is 2.07. The van der Waals surface area contributed by atoms with Crippen LogP contribution in [0, 0.1) is 0 Å². The number of rotatable bonds is 2. The molecule has 0 saturated carbocycles. The van der Waals surface area contributed by atoms with E-state index in [4.69, 9.17) is 5.84 Å². The number of hydrazine groups is 1. The Bertz CT molecular complexity index is 382. The highest BCUT2D eigenvalue weighted by atomic mass is 16.3. The van der Waals surface area contributed by atoms with Crippen molar-refractivity contribution in [2.24, 2.45) is 5.84 Å². The molecule has 0 amide bonds. The van der Waals surface area contributed by atoms with Gasteiger partial charge < -0.3 is 15.4 Å². The third-order valence-electron chi connectivity index (χ3n) is 3.16. The summed E-state index contributed by atoms with van der Waals surface area (Å²) in [7, 11) is 0. The van der Waals surface area contributed by atoms with Gasteiger partial charge in [-0.15, -0.1) is 0 Å². The van der Waals surface area contributed by atoms with Gasteiger partial charge in [-0.2, -0.15) is 0 Å². The first kappa shape index (κ1) is 12.1. The Balaban J connectivity index is 2.11. The van der Waals surface area contributed by atoms with E-state index in [-0.39, 0.29) is 0 Å². The molecule has 6 nitrogen and oxygen atoms in total. The van der Waals surface area contributed by atoms with Gasteiger partial charge in [0.25, 0.3) is 0 Å². The number of nitrogens with zero attached hydrogens (tertiary/aromatic N) is 3. The second-order valence-corrected chi connectivity index (χ2v) is 4.74. The molecule has 94 valence electrons. The van der Waals surface area contributed by atoms with Gasteiger partial charge in [-0.3, -0.25) is 4.98 Å². The summed E-state index contributed by atoms with van der Waals surface area (Å²) >= 11 is 0. The number of hydrogen-bond donors (Lipinski definition) is 3. The Kier molecular flexibility index (Phi) is 3.44. The Morgan fingerprint density at radius 2 is 2.24 bits per heavy atom. The molecule has 2 rings (SSSR count). The molecule has 1 aliphatic rings. The van der Waals surface area contributed by atoms with Gasteiger partial charge in [0.2, 0.25) is 0 Å². The maximum absolute atomic E-state index is 10.0. The first-order valence-electron chi connectivity index (χ1n) is 5.87. The fourth-order valence-corrected chi connectivity index (χ4v) is 2.07. The first-order chi connectivity index (χ1) is 8.11. The molecule has 1 fully saturated rings. The number of aromatic nitrogens is 2. The van der Waals surface area contributed by atoms with Crippen molar-refractivity contribution in [2.45, 2.75) is 31.8 Å². The fraction of sp³-hybridized carbons (Fsp3) is 0.636. The second-order valence-electron chi connectivity index (χ2n) is 4.74. The predicted octanol–water partition coefficient (Wildman–Crippen LogP) is 0.503. The lowest BCUT2D eigenvalue weighted by Gasteiger charge is -2.23. The molecule has 6 heteroatoms. The zero-order valence-corrected chi connectivity index (χ0v) is 10.1. The quantitative estimate of drug-likeness (QED) is 0.513. The van der Waals surface area contributed by atoms with Crippen LogP contribution in [0.1, 0.15) is 26.2 Å². The summed E-state index contributed by atoms with van der Waals surface area (Å²) in [5, 5.41) is 10.0. The van der Waals surface area contributed by atoms with Gasteiger partial charge in [-0.25, -0.2) is 10.8 Å². The van der Waals surface area contributed by atoms with E-state index in [1.165, 1.54) is 0 Å². The number of aliphatic hydroxyl groups is 1. The number of nitrogens with two attached hydrogens (primary N) is 1. The van der Waals surface area contributed by atoms with Crippen molar-refractivity contribution in [1.29, 1.82) is 0 Å². The molecule has 0 radical (unpaired) electrons. The third kappa shape index (κ3) is 3.04. The summed E-state index contributed by atoms with van der Waals surface area (Å²) in [4.78, 5) is 10.6. The third-order valence-corrected chi connectivity index (χ3v) is 3.16. The van der Waals surface area contributed by atoms with Crippen LogP contribution < -0.4 is 16.2 Å². The molecule has 1 aliphatic heterocycles. The van der Waals surface area contributed by atoms with Crippen molar-refractivity contribution in [2.75, 3.05) is 23.4 Å². The van der Waals surface area contributed by atoms with E-state index >= 15 is 0 Å². The molecule has 0 aromatic carbocycles. The number of anilines is 2. The van der Waals surface area contributed by atoms with E-state index in [1.54, 1.807) is 12.4 Å². The maximum atomic E-state index is 10.0. The van der Waals surface area contributed by atoms with Crippen molar-refractivity contribution in [1.82, 2.24) is 9.97 Å². The van der Waals surface area contributed by atoms with Crippen LogP contribution in [0.3, 0.4) is 0 Å². The van der Waals surface area contributed by atoms with Gasteiger partial charge in [0.1, 0.15) is 5.82 Å². The highest BCUT2D eigenvalue weighted by Gasteiger charge is 2.25. The van der Waals surface area contributed by atoms with Gasteiger partial charge in [-0.05, 0) is 26.2 Å². The average molecular weight is 237 g/mol. The normalized spacial score (nSPS) is 25.5. The summed E-state index contributed by atoms with van der Waals surface area (Å²) in [5.41, 5.74) is 1.93. The topological polar surface area (TPSA) is 87.3 Å². The summed E-state index contributed by atoms with van der Waals surface area (Å²) in [6, 6.07) is 0. The van der Waals surface area contributed by atoms with Crippen LogP contribution in [0.4, 0.5) is 11.6 Å². The summed E-state index contributed by atoms with van der Waals surface area (Å²) in [6.45, 7) is 3.56. The minimum atomic E-state index is -0.564. The Hall–Kier alpha value is -1.40. The molecule has 4 N–H and O–H groups in total. The summed E-state index contributed by atoms with van der Waals surface area (Å²) in [5.74, 6) is 6.67. The van der Waals surface area contributed by atoms with Crippen molar-refractivity contribution in [3.05, 3.63) is 12.4 Å². The Labute approximate surface area is 101 Å². The Morgan fingerprint density at radius 1 is 1.41 bits per heavy atom. The van der Waals surface area contributed by atoms with E-state index in [9.17, 15) is 5.11 Å². The molecule has 1 unspecified atom stereocenters. The maximum Gasteiger partial charge on any atom is 0.160 e. The predicted molar refractivity (Wildman–Crippen MR) is 66.5 cm³/mol. The molecule has 17 heavy (non-hydrogen) atoms. The monoisotopic (exact) mass is 237 g/mol. The molecule has 0 spiro atoms. The lowest BCUT2D eigenvalue weighted by molar-refractivity contribution is 0.0481. The first-order valence-corrected chi connectivity index (χ1v) is 5.87. The zero-order chi connectivity index (χ0) is 12.3. The summed E-state index contributed by atoms with van der Waals surface area (Å²) in [6.07, 6.45) is 5.83. The molecule has 0 aliphatic carbocycles. The van der Waals surface area contributed by atoms with Crippen LogP contribution in [0.5, 0.6) is 0 Å². The van der Waals surface area contributed by atoms with E-state index in [2.05, 4.69) is 20.3 Å². The van der Waals surface area contributed by atoms with Crippen molar-refractivity contribution < 1.29 is 5.11 Å². The average Bonchev–Trinajstić information content (AvgIpc) is 2.50. The molecule has 1 saturated heterocycles. The van der Waals surface area contributed by atoms with Gasteiger partial charge in [0.15, 0.2) is 5.82 Å². The number of nitrogen functional groups attached to an aromatic ring is 1. The Morgan fingerprint density at radius 3 is 3.00 bits per heavy atom. The van der Waals surface area contributed by atoms with Crippen LogP contribution >= 0.6 is 0 Å². The van der Waals surface area contributed by atoms with Crippen molar-refractivity contribution in [3.8, 4) is 0 Å². The highest BCUT2D eigenvalue weighted by Crippen LogP contribution is 2.24. The minimum Gasteiger partial charge on any atom is -0.390 e. The smallest absolute Gasteiger partial charge is 0.160 e. The standard InChI is InChI=1S/C11H19N5O/c1-11(17)3-2-5-16(6-4-11)10-8-13-7-9(14-10)15-12/h7-8,17H,2-6,12H2,1H3,(H,14,15). The van der Waals surface area contributed by atoms with E-state index < -0.39 is 5.60 Å². The molecule has 1 atom stereocenters. The van der Waals surface area contributed by atoms with E-state index in [1.807, 2.05) is 6.92 Å². The zero-order valence-electron chi connectivity index (χ0n) is 10.1. The molecule has 1 aromatic heterocycles. The molecule has 1 aromatic rings. The van der Waals surface area contributed by atoms with E-state index in [0.717, 1.165) is 38.2 Å². The van der Waals surface area contributed by atoms with E-state index in [0.29, 0.717) is 5.82 Å². The highest BCUT2D eigenvalue weighted by molar-refractivity contribution is 5.43. The van der Waals surface area contributed by atoms with Gasteiger partial charge in [0, 0.05) is 13.1 Å². The molecular formula is C11H19N5O. The van der Waals surface area contributed by atoms with Crippen LogP contribution in [-0.4, -0.2) is 33.8 Å². The molecule has 0 bridgehead atoms. The lowest BCUT2D eigenvalue weighted by atomic mass is 9.98. The van der Waals surface area contributed by atoms with Crippen molar-refractivity contribution in [3.63, 3.8) is 0 Å². The van der Waals surface area contributed by atoms with Crippen molar-refractivity contribution >= 4 is 11.6 Å². The van der Waals surface area contributed by atoms with Crippen LogP contribution in [0.15, 0.2) is 12.4 Å². The van der Waals surface area contributed by atoms with Gasteiger partial charge in [-0.1, -0.05) is 0 Å². The number of hydrogen-bond acceptors (Lipinski definition) is 6. The van der Waals surface area contributed by atoms with Gasteiger partial charge in [0.05, 0.1) is 18.0 Å². The van der Waals surface area contributed by atoms with Crippen LogP contribution in [-0.2, 0) is 0 Å². The minimum absolute atomic E-state index is 0.554. The number of nitrogens with one attached hydrogen (secondary N) is 1.